The van der Waals surface area contributed by atoms with Crippen molar-refractivity contribution in [1.29, 1.82) is 0 Å². The van der Waals surface area contributed by atoms with Crippen molar-refractivity contribution < 1.29 is 18.0 Å². The van der Waals surface area contributed by atoms with Crippen LogP contribution in [0.3, 0.4) is 0 Å². The number of hydrogen-bond donors (Lipinski definition) is 2. The van der Waals surface area contributed by atoms with E-state index in [1.807, 2.05) is 19.1 Å². The fourth-order valence-electron chi connectivity index (χ4n) is 2.78. The number of rotatable bonds is 4. The molecule has 1 heterocycles. The van der Waals surface area contributed by atoms with E-state index in [0.717, 1.165) is 22.3 Å². The Morgan fingerprint density at radius 3 is 2.31 bits per heavy atom. The number of alkyl halides is 3. The van der Waals surface area contributed by atoms with Crippen LogP contribution in [0, 0.1) is 13.8 Å². The topological polar surface area (TPSA) is 63.1 Å². The van der Waals surface area contributed by atoms with Gasteiger partial charge in [0.15, 0.2) is 0 Å². The molecule has 3 rings (SSSR count). The van der Waals surface area contributed by atoms with E-state index in [1.54, 1.807) is 19.1 Å². The minimum Gasteiger partial charge on any atom is -0.298 e. The molecule has 0 unspecified atom stereocenters. The van der Waals surface area contributed by atoms with Crippen LogP contribution in [0.1, 0.15) is 27.2 Å². The predicted molar refractivity (Wildman–Crippen MR) is 104 cm³/mol. The van der Waals surface area contributed by atoms with Crippen molar-refractivity contribution in [2.45, 2.75) is 20.0 Å². The summed E-state index contributed by atoms with van der Waals surface area (Å²) in [6, 6.07) is 14.5. The lowest BCUT2D eigenvalue weighted by Crippen LogP contribution is -2.36. The Bertz CT molecular complexity index is 1100. The maximum Gasteiger partial charge on any atom is 0.416 e. The predicted octanol–water partition coefficient (Wildman–Crippen LogP) is 4.23. The third-order valence-corrected chi connectivity index (χ3v) is 4.33. The molecule has 5 nitrogen and oxygen atoms in total. The molecule has 0 radical (unpaired) electrons. The Hall–Kier alpha value is -3.55. The van der Waals surface area contributed by atoms with E-state index in [1.165, 1.54) is 24.3 Å². The SMILES string of the molecule is Cc1ccc(NNC(=O)c2ccc(C)n(-c3cccc(C(F)(F)F)c3)c2=O)cc1. The molecule has 0 spiro atoms. The van der Waals surface area contributed by atoms with Crippen LogP contribution in [0.15, 0.2) is 65.5 Å². The lowest BCUT2D eigenvalue weighted by Gasteiger charge is -2.14. The Balaban J connectivity index is 1.92. The quantitative estimate of drug-likeness (QED) is 0.643. The largest absolute Gasteiger partial charge is 0.416 e. The average Bonchev–Trinajstić information content (AvgIpc) is 2.67. The van der Waals surface area contributed by atoms with Gasteiger partial charge in [0.25, 0.3) is 11.5 Å². The number of anilines is 1. The van der Waals surface area contributed by atoms with Crippen molar-refractivity contribution >= 4 is 11.6 Å². The zero-order valence-corrected chi connectivity index (χ0v) is 15.7. The summed E-state index contributed by atoms with van der Waals surface area (Å²) in [5, 5.41) is 0. The Morgan fingerprint density at radius 2 is 1.66 bits per heavy atom. The van der Waals surface area contributed by atoms with Gasteiger partial charge in [-0.3, -0.25) is 25.0 Å². The van der Waals surface area contributed by atoms with Crippen LogP contribution in [0.25, 0.3) is 5.69 Å². The summed E-state index contributed by atoms with van der Waals surface area (Å²) in [6.07, 6.45) is -4.54. The van der Waals surface area contributed by atoms with Crippen LogP contribution < -0.4 is 16.4 Å². The molecular weight excluding hydrogens is 383 g/mol. The van der Waals surface area contributed by atoms with Gasteiger partial charge in [-0.05, 0) is 56.3 Å². The number of amides is 1. The van der Waals surface area contributed by atoms with Gasteiger partial charge in [-0.25, -0.2) is 0 Å². The molecule has 1 amide bonds. The molecule has 150 valence electrons. The molecule has 0 aliphatic heterocycles. The number of nitrogens with one attached hydrogen (secondary N) is 2. The van der Waals surface area contributed by atoms with Crippen LogP contribution >= 0.6 is 0 Å². The zero-order chi connectivity index (χ0) is 21.2. The highest BCUT2D eigenvalue weighted by atomic mass is 19.4. The number of carbonyl (C=O) groups excluding carboxylic acids is 1. The zero-order valence-electron chi connectivity index (χ0n) is 15.7. The van der Waals surface area contributed by atoms with E-state index in [4.69, 9.17) is 0 Å². The normalized spacial score (nSPS) is 11.2. The third kappa shape index (κ3) is 4.48. The highest BCUT2D eigenvalue weighted by Crippen LogP contribution is 2.30. The number of pyridine rings is 1. The van der Waals surface area contributed by atoms with Crippen LogP contribution in [-0.4, -0.2) is 10.5 Å². The van der Waals surface area contributed by atoms with Gasteiger partial charge >= 0.3 is 6.18 Å². The van der Waals surface area contributed by atoms with Gasteiger partial charge in [0.2, 0.25) is 0 Å². The van der Waals surface area contributed by atoms with Crippen LogP contribution in [0.2, 0.25) is 0 Å². The van der Waals surface area contributed by atoms with Gasteiger partial charge in [0.1, 0.15) is 5.56 Å². The number of aryl methyl sites for hydroxylation is 2. The highest BCUT2D eigenvalue weighted by molar-refractivity contribution is 5.94. The molecule has 1 aromatic heterocycles. The second kappa shape index (κ2) is 7.83. The van der Waals surface area contributed by atoms with E-state index in [9.17, 15) is 22.8 Å². The number of benzene rings is 2. The standard InChI is InChI=1S/C21H18F3N3O2/c1-13-6-9-16(10-7-13)25-26-19(28)18-11-8-14(2)27(20(18)29)17-5-3-4-15(12-17)21(22,23)24/h3-12,25H,1-2H3,(H,26,28). The van der Waals surface area contributed by atoms with Gasteiger partial charge in [-0.1, -0.05) is 23.8 Å². The third-order valence-electron chi connectivity index (χ3n) is 4.33. The monoisotopic (exact) mass is 401 g/mol. The van der Waals surface area contributed by atoms with Crippen LogP contribution in [0.4, 0.5) is 18.9 Å². The van der Waals surface area contributed by atoms with Crippen LogP contribution in [0.5, 0.6) is 0 Å². The summed E-state index contributed by atoms with van der Waals surface area (Å²) in [6.45, 7) is 3.50. The number of hydrazine groups is 1. The van der Waals surface area contributed by atoms with E-state index in [0.29, 0.717) is 11.4 Å². The van der Waals surface area contributed by atoms with Gasteiger partial charge in [-0.2, -0.15) is 13.2 Å². The number of halogens is 3. The molecule has 0 aliphatic carbocycles. The molecule has 2 N–H and O–H groups in total. The molecule has 2 aromatic carbocycles. The lowest BCUT2D eigenvalue weighted by atomic mass is 10.1. The average molecular weight is 401 g/mol. The van der Waals surface area contributed by atoms with Crippen molar-refractivity contribution in [3.8, 4) is 5.69 Å². The minimum atomic E-state index is -4.54. The van der Waals surface area contributed by atoms with Crippen molar-refractivity contribution in [3.63, 3.8) is 0 Å². The first-order valence-electron chi connectivity index (χ1n) is 8.70. The summed E-state index contributed by atoms with van der Waals surface area (Å²) >= 11 is 0. The van der Waals surface area contributed by atoms with E-state index < -0.39 is 23.2 Å². The first-order chi connectivity index (χ1) is 13.7. The van der Waals surface area contributed by atoms with E-state index in [2.05, 4.69) is 10.9 Å². The first-order valence-corrected chi connectivity index (χ1v) is 8.70. The Kier molecular flexibility index (Phi) is 5.45. The van der Waals surface area contributed by atoms with Crippen molar-refractivity contribution in [2.24, 2.45) is 0 Å². The minimum absolute atomic E-state index is 0.0310. The maximum atomic E-state index is 13.0. The van der Waals surface area contributed by atoms with Crippen molar-refractivity contribution in [2.75, 3.05) is 5.43 Å². The molecule has 0 saturated carbocycles. The number of hydrogen-bond acceptors (Lipinski definition) is 3. The van der Waals surface area contributed by atoms with Gasteiger partial charge < -0.3 is 0 Å². The molecular formula is C21H18F3N3O2. The fraction of sp³-hybridized carbons (Fsp3) is 0.143. The molecule has 3 aromatic rings. The van der Waals surface area contributed by atoms with Crippen molar-refractivity contribution in [3.05, 3.63) is 93.4 Å². The molecule has 0 fully saturated rings. The molecule has 29 heavy (non-hydrogen) atoms. The molecule has 0 atom stereocenters. The van der Waals surface area contributed by atoms with Gasteiger partial charge in [-0.15, -0.1) is 0 Å². The number of aromatic nitrogens is 1. The summed E-state index contributed by atoms with van der Waals surface area (Å²) < 4.78 is 40.1. The summed E-state index contributed by atoms with van der Waals surface area (Å²) in [4.78, 5) is 25.3. The van der Waals surface area contributed by atoms with E-state index in [-0.39, 0.29) is 11.3 Å². The van der Waals surface area contributed by atoms with Crippen molar-refractivity contribution in [1.82, 2.24) is 9.99 Å². The van der Waals surface area contributed by atoms with E-state index >= 15 is 0 Å². The van der Waals surface area contributed by atoms with Gasteiger partial charge in [0, 0.05) is 11.4 Å². The molecule has 0 aliphatic rings. The number of carbonyl (C=O) groups is 1. The molecule has 0 saturated heterocycles. The summed E-state index contributed by atoms with van der Waals surface area (Å²) in [5.41, 5.74) is 5.43. The summed E-state index contributed by atoms with van der Waals surface area (Å²) in [7, 11) is 0. The molecule has 8 heteroatoms. The second-order valence-electron chi connectivity index (χ2n) is 6.52. The highest BCUT2D eigenvalue weighted by Gasteiger charge is 2.30. The van der Waals surface area contributed by atoms with Crippen LogP contribution in [-0.2, 0) is 6.18 Å². The Morgan fingerprint density at radius 1 is 0.966 bits per heavy atom. The maximum absolute atomic E-state index is 13.0. The lowest BCUT2D eigenvalue weighted by molar-refractivity contribution is -0.137. The second-order valence-corrected chi connectivity index (χ2v) is 6.52. The Labute approximate surface area is 164 Å². The smallest absolute Gasteiger partial charge is 0.298 e. The van der Waals surface area contributed by atoms with Gasteiger partial charge in [0.05, 0.1) is 11.3 Å². The summed E-state index contributed by atoms with van der Waals surface area (Å²) in [5.74, 6) is -0.698. The fourth-order valence-corrected chi connectivity index (χ4v) is 2.78. The molecule has 0 bridgehead atoms. The number of nitrogens with zero attached hydrogens (tertiary/aromatic N) is 1. The first kappa shape index (κ1) is 20.2.